The van der Waals surface area contributed by atoms with Gasteiger partial charge in [-0.15, -0.1) is 0 Å². The molecular formula is C11H12ClN9. The van der Waals surface area contributed by atoms with Crippen LogP contribution in [0.1, 0.15) is 5.82 Å². The molecule has 0 aromatic carbocycles. The van der Waals surface area contributed by atoms with Crippen LogP contribution in [0.5, 0.6) is 0 Å². The molecule has 0 radical (unpaired) electrons. The molecule has 0 N–H and O–H groups in total. The van der Waals surface area contributed by atoms with Crippen LogP contribution < -0.4 is 4.90 Å². The summed E-state index contributed by atoms with van der Waals surface area (Å²) in [6.45, 7) is 0.542. The van der Waals surface area contributed by atoms with Crippen LogP contribution in [0.15, 0.2) is 25.0 Å². The van der Waals surface area contributed by atoms with Gasteiger partial charge in [-0.25, -0.2) is 9.97 Å². The van der Waals surface area contributed by atoms with Gasteiger partial charge in [-0.05, 0) is 11.6 Å². The van der Waals surface area contributed by atoms with Gasteiger partial charge in [0.2, 0.25) is 11.2 Å². The molecule has 0 unspecified atom stereocenters. The highest BCUT2D eigenvalue weighted by atomic mass is 35.5. The number of anilines is 1. The molecule has 0 saturated carbocycles. The Morgan fingerprint density at radius 1 is 1.29 bits per heavy atom. The van der Waals surface area contributed by atoms with E-state index in [9.17, 15) is 0 Å². The summed E-state index contributed by atoms with van der Waals surface area (Å²) in [5.41, 5.74) is 0. The standard InChI is InChI=1S/C11H12ClN9/c1-19-4-3-14-8(19)5-20(2)10-16-9(12)17-11(18-10)21-7-13-6-15-21/h3-4,6-7H,5H2,1-2H3. The fourth-order valence-electron chi connectivity index (χ4n) is 1.75. The normalized spacial score (nSPS) is 10.8. The van der Waals surface area contributed by atoms with E-state index in [0.29, 0.717) is 18.4 Å². The van der Waals surface area contributed by atoms with Crippen LogP contribution in [0.2, 0.25) is 5.28 Å². The number of aryl methyl sites for hydroxylation is 1. The number of aromatic nitrogens is 8. The zero-order valence-electron chi connectivity index (χ0n) is 11.4. The lowest BCUT2D eigenvalue weighted by molar-refractivity contribution is 0.730. The largest absolute Gasteiger partial charge is 0.337 e. The molecule has 3 aromatic rings. The summed E-state index contributed by atoms with van der Waals surface area (Å²) in [5, 5.41) is 4.07. The van der Waals surface area contributed by atoms with Crippen molar-refractivity contribution >= 4 is 17.5 Å². The van der Waals surface area contributed by atoms with Gasteiger partial charge in [0.1, 0.15) is 18.5 Å². The molecule has 9 nitrogen and oxygen atoms in total. The summed E-state index contributed by atoms with van der Waals surface area (Å²) >= 11 is 5.95. The van der Waals surface area contributed by atoms with Crippen LogP contribution in [-0.2, 0) is 13.6 Å². The average molecular weight is 306 g/mol. The number of imidazole rings is 1. The van der Waals surface area contributed by atoms with Gasteiger partial charge in [0, 0.05) is 26.5 Å². The van der Waals surface area contributed by atoms with Crippen LogP contribution in [0.3, 0.4) is 0 Å². The van der Waals surface area contributed by atoms with Gasteiger partial charge >= 0.3 is 0 Å². The Morgan fingerprint density at radius 3 is 2.81 bits per heavy atom. The van der Waals surface area contributed by atoms with Crippen molar-refractivity contribution in [3.8, 4) is 5.95 Å². The fourth-order valence-corrected chi connectivity index (χ4v) is 1.90. The summed E-state index contributed by atoms with van der Waals surface area (Å²) in [4.78, 5) is 22.4. The zero-order chi connectivity index (χ0) is 14.8. The van der Waals surface area contributed by atoms with Gasteiger partial charge in [-0.2, -0.15) is 24.7 Å². The van der Waals surface area contributed by atoms with Gasteiger partial charge in [-0.1, -0.05) is 0 Å². The molecule has 0 spiro atoms. The summed E-state index contributed by atoms with van der Waals surface area (Å²) in [6, 6.07) is 0. The molecule has 0 aliphatic heterocycles. The molecule has 0 aliphatic carbocycles. The minimum atomic E-state index is 0.0946. The highest BCUT2D eigenvalue weighted by Crippen LogP contribution is 2.13. The molecule has 108 valence electrons. The lowest BCUT2D eigenvalue weighted by Gasteiger charge is -2.17. The topological polar surface area (TPSA) is 90.4 Å². The summed E-state index contributed by atoms with van der Waals surface area (Å²) in [6.07, 6.45) is 6.51. The van der Waals surface area contributed by atoms with Crippen molar-refractivity contribution in [3.05, 3.63) is 36.2 Å². The molecular weight excluding hydrogens is 294 g/mol. The number of halogens is 1. The number of nitrogens with zero attached hydrogens (tertiary/aromatic N) is 9. The van der Waals surface area contributed by atoms with E-state index in [1.165, 1.54) is 17.3 Å². The van der Waals surface area contributed by atoms with E-state index >= 15 is 0 Å². The molecule has 0 atom stereocenters. The van der Waals surface area contributed by atoms with Crippen LogP contribution >= 0.6 is 11.6 Å². The maximum absolute atomic E-state index is 5.95. The van der Waals surface area contributed by atoms with E-state index in [-0.39, 0.29) is 5.28 Å². The summed E-state index contributed by atoms with van der Waals surface area (Å²) < 4.78 is 3.35. The number of hydrogen-bond acceptors (Lipinski definition) is 7. The molecule has 3 aromatic heterocycles. The Balaban J connectivity index is 1.89. The molecule has 0 saturated heterocycles. The zero-order valence-corrected chi connectivity index (χ0v) is 12.2. The van der Waals surface area contributed by atoms with E-state index in [4.69, 9.17) is 11.6 Å². The Kier molecular flexibility index (Phi) is 3.48. The summed E-state index contributed by atoms with van der Waals surface area (Å²) in [5.74, 6) is 1.63. The van der Waals surface area contributed by atoms with Crippen LogP contribution in [0, 0.1) is 0 Å². The lowest BCUT2D eigenvalue weighted by atomic mass is 10.5. The van der Waals surface area contributed by atoms with E-state index in [1.807, 2.05) is 29.8 Å². The third-order valence-electron chi connectivity index (χ3n) is 2.85. The Hall–Kier alpha value is -2.55. The third-order valence-corrected chi connectivity index (χ3v) is 3.02. The first kappa shape index (κ1) is 13.4. The van der Waals surface area contributed by atoms with E-state index in [2.05, 4.69) is 30.0 Å². The van der Waals surface area contributed by atoms with Crippen LogP contribution in [-0.4, -0.2) is 46.3 Å². The highest BCUT2D eigenvalue weighted by Gasteiger charge is 2.13. The monoisotopic (exact) mass is 305 g/mol. The Morgan fingerprint density at radius 2 is 2.14 bits per heavy atom. The second kappa shape index (κ2) is 5.44. The molecule has 10 heteroatoms. The second-order valence-electron chi connectivity index (χ2n) is 4.35. The number of rotatable bonds is 4. The quantitative estimate of drug-likeness (QED) is 0.692. The van der Waals surface area contributed by atoms with Gasteiger partial charge in [0.05, 0.1) is 6.54 Å². The van der Waals surface area contributed by atoms with Crippen molar-refractivity contribution in [2.45, 2.75) is 6.54 Å². The maximum Gasteiger partial charge on any atom is 0.258 e. The average Bonchev–Trinajstić information content (AvgIpc) is 3.11. The smallest absolute Gasteiger partial charge is 0.258 e. The summed E-state index contributed by atoms with van der Waals surface area (Å²) in [7, 11) is 3.78. The van der Waals surface area contributed by atoms with Gasteiger partial charge in [0.15, 0.2) is 0 Å². The van der Waals surface area contributed by atoms with Crippen molar-refractivity contribution in [2.75, 3.05) is 11.9 Å². The van der Waals surface area contributed by atoms with Crippen molar-refractivity contribution in [1.29, 1.82) is 0 Å². The maximum atomic E-state index is 5.95. The van der Waals surface area contributed by atoms with E-state index in [1.54, 1.807) is 6.20 Å². The first-order valence-electron chi connectivity index (χ1n) is 6.07. The fraction of sp³-hybridized carbons (Fsp3) is 0.273. The van der Waals surface area contributed by atoms with Crippen LogP contribution in [0.25, 0.3) is 5.95 Å². The first-order valence-corrected chi connectivity index (χ1v) is 6.45. The predicted octanol–water partition coefficient (Wildman–Crippen LogP) is 0.476. The van der Waals surface area contributed by atoms with Crippen molar-refractivity contribution < 1.29 is 0 Å². The van der Waals surface area contributed by atoms with E-state index < -0.39 is 0 Å². The van der Waals surface area contributed by atoms with Gasteiger partial charge in [-0.3, -0.25) is 0 Å². The minimum Gasteiger partial charge on any atom is -0.337 e. The van der Waals surface area contributed by atoms with E-state index in [0.717, 1.165) is 5.82 Å². The first-order chi connectivity index (χ1) is 10.1. The molecule has 0 bridgehead atoms. The number of hydrogen-bond donors (Lipinski definition) is 0. The lowest BCUT2D eigenvalue weighted by Crippen LogP contribution is -2.22. The molecule has 3 heterocycles. The van der Waals surface area contributed by atoms with Crippen LogP contribution in [0.4, 0.5) is 5.95 Å². The van der Waals surface area contributed by atoms with Gasteiger partial charge in [0.25, 0.3) is 5.95 Å². The minimum absolute atomic E-state index is 0.0946. The highest BCUT2D eigenvalue weighted by molar-refractivity contribution is 6.28. The van der Waals surface area contributed by atoms with Crippen molar-refractivity contribution in [2.24, 2.45) is 7.05 Å². The van der Waals surface area contributed by atoms with Crippen molar-refractivity contribution in [1.82, 2.24) is 39.3 Å². The molecule has 21 heavy (non-hydrogen) atoms. The molecule has 0 amide bonds. The molecule has 0 fully saturated rings. The third kappa shape index (κ3) is 2.82. The second-order valence-corrected chi connectivity index (χ2v) is 4.69. The Bertz CT molecular complexity index is 736. The molecule has 3 rings (SSSR count). The predicted molar refractivity (Wildman–Crippen MR) is 75.1 cm³/mol. The Labute approximate surface area is 125 Å². The SMILES string of the molecule is CN(Cc1nccn1C)c1nc(Cl)nc(-n2cncn2)n1. The molecule has 0 aliphatic rings. The van der Waals surface area contributed by atoms with Gasteiger partial charge < -0.3 is 9.47 Å². The van der Waals surface area contributed by atoms with Crippen molar-refractivity contribution in [3.63, 3.8) is 0 Å².